The molecule has 118 valence electrons. The number of aromatic hydroxyl groups is 1. The second kappa shape index (κ2) is 5.42. The zero-order valence-electron chi connectivity index (χ0n) is 12.6. The van der Waals surface area contributed by atoms with Gasteiger partial charge in [0.2, 0.25) is 11.1 Å². The number of hydrogen-bond acceptors (Lipinski definition) is 6. The SMILES string of the molecule is CSc1nc2n(n1)[C@@H](c1ccc(O)cc1)C1=C(CCCC1=O)N2. The Bertz CT molecular complexity index is 810. The van der Waals surface area contributed by atoms with Crippen LogP contribution < -0.4 is 5.32 Å². The normalized spacial score (nSPS) is 20.0. The highest BCUT2D eigenvalue weighted by molar-refractivity contribution is 7.98. The summed E-state index contributed by atoms with van der Waals surface area (Å²) in [7, 11) is 0. The standard InChI is InChI=1S/C16H16N4O2S/c1-23-16-18-15-17-11-3-2-4-12(22)13(11)14(20(15)19-16)9-5-7-10(21)8-6-9/h5-8,14,21H,2-4H2,1H3,(H,17,18,19)/t14-/m0/s1. The van der Waals surface area contributed by atoms with Gasteiger partial charge < -0.3 is 10.4 Å². The number of phenols is 1. The molecule has 0 radical (unpaired) electrons. The third kappa shape index (κ3) is 2.31. The maximum absolute atomic E-state index is 12.6. The molecule has 2 heterocycles. The van der Waals surface area contributed by atoms with Crippen molar-refractivity contribution in [1.82, 2.24) is 14.8 Å². The van der Waals surface area contributed by atoms with E-state index in [4.69, 9.17) is 0 Å². The second-order valence-electron chi connectivity index (χ2n) is 5.65. The van der Waals surface area contributed by atoms with Crippen molar-refractivity contribution in [3.63, 3.8) is 0 Å². The first-order chi connectivity index (χ1) is 11.2. The molecule has 6 nitrogen and oxygen atoms in total. The van der Waals surface area contributed by atoms with Crippen molar-refractivity contribution < 1.29 is 9.90 Å². The summed E-state index contributed by atoms with van der Waals surface area (Å²) in [5.41, 5.74) is 2.64. The Morgan fingerprint density at radius 2 is 2.09 bits per heavy atom. The molecule has 7 heteroatoms. The van der Waals surface area contributed by atoms with Gasteiger partial charge in [-0.3, -0.25) is 4.79 Å². The summed E-state index contributed by atoms with van der Waals surface area (Å²) in [5.74, 6) is 1.03. The summed E-state index contributed by atoms with van der Waals surface area (Å²) in [6.45, 7) is 0. The molecule has 4 rings (SSSR count). The highest BCUT2D eigenvalue weighted by atomic mass is 32.2. The largest absolute Gasteiger partial charge is 0.508 e. The van der Waals surface area contributed by atoms with E-state index in [-0.39, 0.29) is 17.6 Å². The molecule has 0 spiro atoms. The van der Waals surface area contributed by atoms with Crippen LogP contribution in [0.4, 0.5) is 5.95 Å². The number of allylic oxidation sites excluding steroid dienone is 2. The van der Waals surface area contributed by atoms with E-state index >= 15 is 0 Å². The Balaban J connectivity index is 1.90. The molecule has 0 amide bonds. The number of nitrogens with one attached hydrogen (secondary N) is 1. The molecule has 1 aliphatic heterocycles. The number of fused-ring (bicyclic) bond motifs is 1. The van der Waals surface area contributed by atoms with Crippen molar-refractivity contribution >= 4 is 23.5 Å². The Morgan fingerprint density at radius 1 is 1.30 bits per heavy atom. The number of thioether (sulfide) groups is 1. The van der Waals surface area contributed by atoms with E-state index in [2.05, 4.69) is 15.4 Å². The van der Waals surface area contributed by atoms with Crippen molar-refractivity contribution in [1.29, 1.82) is 0 Å². The van der Waals surface area contributed by atoms with E-state index < -0.39 is 0 Å². The first-order valence-corrected chi connectivity index (χ1v) is 8.72. The second-order valence-corrected chi connectivity index (χ2v) is 6.43. The number of carbonyl (C=O) groups excluding carboxylic acids is 1. The van der Waals surface area contributed by atoms with Crippen LogP contribution in [-0.4, -0.2) is 31.9 Å². The van der Waals surface area contributed by atoms with E-state index in [1.54, 1.807) is 16.8 Å². The van der Waals surface area contributed by atoms with Gasteiger partial charge in [-0.05, 0) is 36.8 Å². The molecule has 1 aliphatic carbocycles. The van der Waals surface area contributed by atoms with Gasteiger partial charge in [-0.15, -0.1) is 5.10 Å². The van der Waals surface area contributed by atoms with Gasteiger partial charge in [0.25, 0.3) is 0 Å². The van der Waals surface area contributed by atoms with Gasteiger partial charge >= 0.3 is 0 Å². The number of anilines is 1. The van der Waals surface area contributed by atoms with Gasteiger partial charge in [-0.25, -0.2) is 4.68 Å². The van der Waals surface area contributed by atoms with Crippen LogP contribution in [0.1, 0.15) is 30.9 Å². The van der Waals surface area contributed by atoms with Crippen molar-refractivity contribution in [3.05, 3.63) is 41.1 Å². The van der Waals surface area contributed by atoms with Crippen LogP contribution in [0.2, 0.25) is 0 Å². The van der Waals surface area contributed by atoms with Crippen molar-refractivity contribution in [3.8, 4) is 5.75 Å². The van der Waals surface area contributed by atoms with Gasteiger partial charge in [-0.2, -0.15) is 4.98 Å². The highest BCUT2D eigenvalue weighted by Gasteiger charge is 2.36. The van der Waals surface area contributed by atoms with E-state index in [0.29, 0.717) is 17.5 Å². The van der Waals surface area contributed by atoms with Crippen molar-refractivity contribution in [2.75, 3.05) is 11.6 Å². The quantitative estimate of drug-likeness (QED) is 0.825. The summed E-state index contributed by atoms with van der Waals surface area (Å²) in [6, 6.07) is 6.65. The minimum absolute atomic E-state index is 0.156. The van der Waals surface area contributed by atoms with Gasteiger partial charge in [0.1, 0.15) is 11.8 Å². The third-order valence-electron chi connectivity index (χ3n) is 4.24. The fourth-order valence-electron chi connectivity index (χ4n) is 3.19. The van der Waals surface area contributed by atoms with Gasteiger partial charge in [0.15, 0.2) is 5.78 Å². The van der Waals surface area contributed by atoms with Crippen LogP contribution in [0.25, 0.3) is 0 Å². The molecule has 1 atom stereocenters. The zero-order valence-corrected chi connectivity index (χ0v) is 13.4. The molecular formula is C16H16N4O2S. The number of Topliss-reactive ketones (excluding diaryl/α,β-unsaturated/α-hetero) is 1. The minimum Gasteiger partial charge on any atom is -0.508 e. The fourth-order valence-corrected chi connectivity index (χ4v) is 3.54. The molecule has 0 bridgehead atoms. The topological polar surface area (TPSA) is 80.0 Å². The summed E-state index contributed by atoms with van der Waals surface area (Å²) in [6.07, 6.45) is 4.19. The van der Waals surface area contributed by atoms with Crippen LogP contribution in [0.3, 0.4) is 0 Å². The Hall–Kier alpha value is -2.28. The smallest absolute Gasteiger partial charge is 0.227 e. The van der Waals surface area contributed by atoms with Crippen LogP contribution in [0.5, 0.6) is 5.75 Å². The molecule has 0 saturated heterocycles. The lowest BCUT2D eigenvalue weighted by atomic mass is 9.85. The molecule has 2 N–H and O–H groups in total. The molecule has 1 aromatic heterocycles. The number of hydrogen-bond donors (Lipinski definition) is 2. The Morgan fingerprint density at radius 3 is 2.83 bits per heavy atom. The lowest BCUT2D eigenvalue weighted by molar-refractivity contribution is -0.116. The van der Waals surface area contributed by atoms with Gasteiger partial charge in [-0.1, -0.05) is 23.9 Å². The average Bonchev–Trinajstić information content (AvgIpc) is 2.97. The molecule has 0 saturated carbocycles. The van der Waals surface area contributed by atoms with Crippen LogP contribution in [0, 0.1) is 0 Å². The predicted octanol–water partition coefficient (Wildman–Crippen LogP) is 2.73. The molecule has 0 unspecified atom stereocenters. The van der Waals surface area contributed by atoms with E-state index in [1.165, 1.54) is 11.8 Å². The zero-order chi connectivity index (χ0) is 16.0. The monoisotopic (exact) mass is 328 g/mol. The number of ketones is 1. The summed E-state index contributed by atoms with van der Waals surface area (Å²) in [4.78, 5) is 17.0. The lowest BCUT2D eigenvalue weighted by Crippen LogP contribution is -2.31. The van der Waals surface area contributed by atoms with Crippen LogP contribution in [-0.2, 0) is 4.79 Å². The first-order valence-electron chi connectivity index (χ1n) is 7.50. The Kier molecular flexibility index (Phi) is 3.37. The van der Waals surface area contributed by atoms with E-state index in [1.807, 2.05) is 18.4 Å². The van der Waals surface area contributed by atoms with Gasteiger partial charge in [0.05, 0.1) is 0 Å². The van der Waals surface area contributed by atoms with Crippen LogP contribution >= 0.6 is 11.8 Å². The van der Waals surface area contributed by atoms with Crippen molar-refractivity contribution in [2.45, 2.75) is 30.5 Å². The minimum atomic E-state index is -0.289. The first kappa shape index (κ1) is 14.3. The maximum atomic E-state index is 12.6. The molecule has 2 aromatic rings. The molecule has 23 heavy (non-hydrogen) atoms. The number of benzene rings is 1. The summed E-state index contributed by atoms with van der Waals surface area (Å²) in [5, 5.41) is 18.0. The summed E-state index contributed by atoms with van der Waals surface area (Å²) < 4.78 is 1.78. The Labute approximate surface area is 137 Å². The van der Waals surface area contributed by atoms with Crippen LogP contribution in [0.15, 0.2) is 40.7 Å². The lowest BCUT2D eigenvalue weighted by Gasteiger charge is -2.32. The molecular weight excluding hydrogens is 312 g/mol. The van der Waals surface area contributed by atoms with E-state index in [9.17, 15) is 9.90 Å². The molecule has 0 fully saturated rings. The number of carbonyl (C=O) groups is 1. The number of nitrogens with zero attached hydrogens (tertiary/aromatic N) is 3. The number of rotatable bonds is 2. The maximum Gasteiger partial charge on any atom is 0.227 e. The molecule has 2 aliphatic rings. The number of aromatic nitrogens is 3. The highest BCUT2D eigenvalue weighted by Crippen LogP contribution is 2.40. The average molecular weight is 328 g/mol. The van der Waals surface area contributed by atoms with Gasteiger partial charge in [0, 0.05) is 17.7 Å². The van der Waals surface area contributed by atoms with E-state index in [0.717, 1.165) is 29.7 Å². The number of phenolic OH excluding ortho intramolecular Hbond substituents is 1. The third-order valence-corrected chi connectivity index (χ3v) is 4.78. The fraction of sp³-hybridized carbons (Fsp3) is 0.312. The molecule has 1 aromatic carbocycles. The summed E-state index contributed by atoms with van der Waals surface area (Å²) >= 11 is 1.47. The predicted molar refractivity (Wildman–Crippen MR) is 87.6 cm³/mol. The van der Waals surface area contributed by atoms with Crippen molar-refractivity contribution in [2.24, 2.45) is 0 Å².